The molecule has 2 N–H and O–H groups in total. The Morgan fingerprint density at radius 2 is 2.06 bits per heavy atom. The van der Waals surface area contributed by atoms with Crippen LogP contribution in [0.25, 0.3) is 0 Å². The zero-order chi connectivity index (χ0) is 13.2. The van der Waals surface area contributed by atoms with Crippen LogP contribution in [0.5, 0.6) is 0 Å². The van der Waals surface area contributed by atoms with Gasteiger partial charge in [-0.2, -0.15) is 0 Å². The Hall–Kier alpha value is -1.42. The van der Waals surface area contributed by atoms with Gasteiger partial charge in [-0.15, -0.1) is 11.3 Å². The molecule has 18 heavy (non-hydrogen) atoms. The predicted molar refractivity (Wildman–Crippen MR) is 76.9 cm³/mol. The van der Waals surface area contributed by atoms with Crippen molar-refractivity contribution in [2.24, 2.45) is 0 Å². The average Bonchev–Trinajstić information content (AvgIpc) is 2.76. The van der Waals surface area contributed by atoms with Crippen LogP contribution in [0.3, 0.4) is 0 Å². The maximum atomic E-state index is 5.90. The minimum atomic E-state index is 0.127. The van der Waals surface area contributed by atoms with E-state index in [0.29, 0.717) is 0 Å². The normalized spacial score (nSPS) is 11.7. The van der Waals surface area contributed by atoms with E-state index in [0.717, 1.165) is 24.1 Å². The Morgan fingerprint density at radius 3 is 2.67 bits per heavy atom. The van der Waals surface area contributed by atoms with Crippen LogP contribution in [-0.4, -0.2) is 9.97 Å². The molecule has 0 spiro atoms. The summed E-state index contributed by atoms with van der Waals surface area (Å²) in [6, 6.07) is 1.85. The number of hydrogen-bond acceptors (Lipinski definition) is 4. The van der Waals surface area contributed by atoms with Gasteiger partial charge in [0.15, 0.2) is 0 Å². The summed E-state index contributed by atoms with van der Waals surface area (Å²) in [7, 11) is 0. The Kier molecular flexibility index (Phi) is 3.66. The van der Waals surface area contributed by atoms with Crippen molar-refractivity contribution in [1.82, 2.24) is 9.97 Å². The molecule has 0 aliphatic carbocycles. The maximum Gasteiger partial charge on any atom is 0.0931 e. The molecule has 2 heterocycles. The molecular formula is C14H19N3S. The minimum absolute atomic E-state index is 0.127. The standard InChI is InChI=1S/C14H19N3S/c1-14(2,3)12-9-18-13(17-12)5-4-10-8-16-7-6-11(10)15/h6-9H,4-5H2,1-3H3,(H2,15,16). The zero-order valence-corrected chi connectivity index (χ0v) is 11.9. The molecule has 96 valence electrons. The van der Waals surface area contributed by atoms with Gasteiger partial charge in [-0.05, 0) is 18.1 Å². The van der Waals surface area contributed by atoms with E-state index in [1.54, 1.807) is 17.5 Å². The molecular weight excluding hydrogens is 242 g/mol. The molecule has 4 heteroatoms. The molecule has 2 rings (SSSR count). The Labute approximate surface area is 112 Å². The number of hydrogen-bond donors (Lipinski definition) is 1. The summed E-state index contributed by atoms with van der Waals surface area (Å²) in [4.78, 5) is 8.79. The minimum Gasteiger partial charge on any atom is -0.398 e. The number of aryl methyl sites for hydroxylation is 2. The Balaban J connectivity index is 2.03. The fraction of sp³-hybridized carbons (Fsp3) is 0.429. The van der Waals surface area contributed by atoms with Crippen LogP contribution in [0.1, 0.15) is 37.0 Å². The van der Waals surface area contributed by atoms with Crippen molar-refractivity contribution in [3.8, 4) is 0 Å². The number of pyridine rings is 1. The van der Waals surface area contributed by atoms with Crippen LogP contribution in [-0.2, 0) is 18.3 Å². The van der Waals surface area contributed by atoms with Crippen LogP contribution < -0.4 is 5.73 Å². The quantitative estimate of drug-likeness (QED) is 0.923. The summed E-state index contributed by atoms with van der Waals surface area (Å²) in [5, 5.41) is 3.32. The van der Waals surface area contributed by atoms with Crippen molar-refractivity contribution < 1.29 is 0 Å². The zero-order valence-electron chi connectivity index (χ0n) is 11.1. The highest BCUT2D eigenvalue weighted by Gasteiger charge is 2.17. The van der Waals surface area contributed by atoms with Crippen molar-refractivity contribution in [1.29, 1.82) is 0 Å². The molecule has 0 bridgehead atoms. The first-order valence-corrected chi connectivity index (χ1v) is 6.98. The highest BCUT2D eigenvalue weighted by molar-refractivity contribution is 7.09. The molecule has 2 aromatic heterocycles. The van der Waals surface area contributed by atoms with E-state index >= 15 is 0 Å². The molecule has 3 nitrogen and oxygen atoms in total. The highest BCUT2D eigenvalue weighted by atomic mass is 32.1. The van der Waals surface area contributed by atoms with Crippen LogP contribution in [0.4, 0.5) is 5.69 Å². The number of anilines is 1. The van der Waals surface area contributed by atoms with Crippen LogP contribution >= 0.6 is 11.3 Å². The fourth-order valence-electron chi connectivity index (χ4n) is 1.66. The van der Waals surface area contributed by atoms with E-state index in [-0.39, 0.29) is 5.41 Å². The summed E-state index contributed by atoms with van der Waals surface area (Å²) in [5.74, 6) is 0. The third-order valence-corrected chi connectivity index (χ3v) is 3.78. The van der Waals surface area contributed by atoms with Gasteiger partial charge < -0.3 is 5.73 Å². The second kappa shape index (κ2) is 5.06. The first kappa shape index (κ1) is 13.0. The van der Waals surface area contributed by atoms with E-state index in [1.807, 2.05) is 12.3 Å². The average molecular weight is 261 g/mol. The van der Waals surface area contributed by atoms with Crippen molar-refractivity contribution >= 4 is 17.0 Å². The van der Waals surface area contributed by atoms with Crippen molar-refractivity contribution in [2.45, 2.75) is 39.0 Å². The fourth-order valence-corrected chi connectivity index (χ4v) is 2.68. The van der Waals surface area contributed by atoms with Gasteiger partial charge in [0.1, 0.15) is 0 Å². The van der Waals surface area contributed by atoms with Crippen molar-refractivity contribution in [2.75, 3.05) is 5.73 Å². The number of thiazole rings is 1. The molecule has 0 atom stereocenters. The lowest BCUT2D eigenvalue weighted by atomic mass is 9.93. The van der Waals surface area contributed by atoms with Crippen LogP contribution in [0, 0.1) is 0 Å². The molecule has 2 aromatic rings. The summed E-state index contributed by atoms with van der Waals surface area (Å²) in [6.45, 7) is 6.56. The van der Waals surface area contributed by atoms with Gasteiger partial charge in [0, 0.05) is 35.3 Å². The monoisotopic (exact) mass is 261 g/mol. The number of nitrogens with two attached hydrogens (primary N) is 1. The molecule has 0 fully saturated rings. The molecule has 0 unspecified atom stereocenters. The van der Waals surface area contributed by atoms with Gasteiger partial charge >= 0.3 is 0 Å². The van der Waals surface area contributed by atoms with Gasteiger partial charge in [-0.1, -0.05) is 20.8 Å². The van der Waals surface area contributed by atoms with Gasteiger partial charge in [0.2, 0.25) is 0 Å². The third-order valence-electron chi connectivity index (χ3n) is 2.87. The molecule has 0 aliphatic heterocycles. The molecule has 0 aromatic carbocycles. The van der Waals surface area contributed by atoms with Crippen LogP contribution in [0.2, 0.25) is 0 Å². The Morgan fingerprint density at radius 1 is 1.28 bits per heavy atom. The Bertz CT molecular complexity index is 526. The molecule has 0 saturated carbocycles. The van der Waals surface area contributed by atoms with E-state index in [4.69, 9.17) is 5.73 Å². The second-order valence-electron chi connectivity index (χ2n) is 5.45. The van der Waals surface area contributed by atoms with Crippen LogP contribution in [0.15, 0.2) is 23.8 Å². The van der Waals surface area contributed by atoms with Gasteiger partial charge in [-0.25, -0.2) is 4.98 Å². The summed E-state index contributed by atoms with van der Waals surface area (Å²) in [5.41, 5.74) is 9.12. The molecule has 0 saturated heterocycles. The number of rotatable bonds is 3. The van der Waals surface area contributed by atoms with Crippen molar-refractivity contribution in [3.63, 3.8) is 0 Å². The van der Waals surface area contributed by atoms with E-state index in [2.05, 4.69) is 36.1 Å². The lowest BCUT2D eigenvalue weighted by molar-refractivity contribution is 0.570. The van der Waals surface area contributed by atoms with Gasteiger partial charge in [0.25, 0.3) is 0 Å². The predicted octanol–water partition coefficient (Wildman–Crippen LogP) is 3.20. The molecule has 0 aliphatic rings. The number of aromatic nitrogens is 2. The van der Waals surface area contributed by atoms with Gasteiger partial charge in [-0.3, -0.25) is 4.98 Å². The summed E-state index contributed by atoms with van der Waals surface area (Å²) >= 11 is 1.73. The largest absolute Gasteiger partial charge is 0.398 e. The van der Waals surface area contributed by atoms with E-state index < -0.39 is 0 Å². The highest BCUT2D eigenvalue weighted by Crippen LogP contribution is 2.24. The molecule has 0 amide bonds. The maximum absolute atomic E-state index is 5.90. The summed E-state index contributed by atoms with van der Waals surface area (Å²) < 4.78 is 0. The van der Waals surface area contributed by atoms with Gasteiger partial charge in [0.05, 0.1) is 10.7 Å². The summed E-state index contributed by atoms with van der Waals surface area (Å²) in [6.07, 6.45) is 5.39. The smallest absolute Gasteiger partial charge is 0.0931 e. The SMILES string of the molecule is CC(C)(C)c1csc(CCc2cnccc2N)n1. The second-order valence-corrected chi connectivity index (χ2v) is 6.39. The first-order chi connectivity index (χ1) is 8.47. The van der Waals surface area contributed by atoms with Crippen molar-refractivity contribution in [3.05, 3.63) is 40.1 Å². The lowest BCUT2D eigenvalue weighted by Crippen LogP contribution is -2.11. The first-order valence-electron chi connectivity index (χ1n) is 6.10. The number of nitrogen functional groups attached to an aromatic ring is 1. The topological polar surface area (TPSA) is 51.8 Å². The van der Waals surface area contributed by atoms with E-state index in [9.17, 15) is 0 Å². The molecule has 0 radical (unpaired) electrons. The third kappa shape index (κ3) is 3.07. The lowest BCUT2D eigenvalue weighted by Gasteiger charge is -2.14. The number of nitrogens with zero attached hydrogens (tertiary/aromatic N) is 2. The van der Waals surface area contributed by atoms with E-state index in [1.165, 1.54) is 10.7 Å².